The number of hydrogen-bond acceptors (Lipinski definition) is 2. The van der Waals surface area contributed by atoms with Crippen LogP contribution in [-0.2, 0) is 0 Å². The molecule has 0 radical (unpaired) electrons. The normalized spacial score (nSPS) is 10.8. The standard InChI is InChI=1S/C22H28F2O2/c1-3-5-7-13-25-21-11-9-17(15-19(21)23)18-10-12-22(20(24)16-18)26-14-8-6-4-2/h9-12,15-16H,3-8,13-14H2,1-2H3. The van der Waals surface area contributed by atoms with Crippen LogP contribution < -0.4 is 9.47 Å². The number of halogens is 2. The molecule has 0 saturated carbocycles. The topological polar surface area (TPSA) is 18.5 Å². The molecule has 0 spiro atoms. The molecule has 0 bridgehead atoms. The van der Waals surface area contributed by atoms with Gasteiger partial charge in [0, 0.05) is 0 Å². The van der Waals surface area contributed by atoms with E-state index in [1.807, 2.05) is 0 Å². The zero-order valence-electron chi connectivity index (χ0n) is 15.7. The van der Waals surface area contributed by atoms with Crippen molar-refractivity contribution in [3.05, 3.63) is 48.0 Å². The lowest BCUT2D eigenvalue weighted by atomic mass is 10.0. The molecule has 2 aromatic rings. The Morgan fingerprint density at radius 2 is 1.08 bits per heavy atom. The summed E-state index contributed by atoms with van der Waals surface area (Å²) in [6.45, 7) is 5.22. The number of benzene rings is 2. The van der Waals surface area contributed by atoms with Gasteiger partial charge < -0.3 is 9.47 Å². The number of hydrogen-bond donors (Lipinski definition) is 0. The lowest BCUT2D eigenvalue weighted by Gasteiger charge is -2.11. The van der Waals surface area contributed by atoms with Gasteiger partial charge in [0.2, 0.25) is 0 Å². The highest BCUT2D eigenvalue weighted by molar-refractivity contribution is 5.65. The summed E-state index contributed by atoms with van der Waals surface area (Å²) in [5, 5.41) is 0. The maximum absolute atomic E-state index is 14.2. The van der Waals surface area contributed by atoms with E-state index in [0.717, 1.165) is 38.5 Å². The Balaban J connectivity index is 2.01. The average Bonchev–Trinajstić information content (AvgIpc) is 2.64. The first kappa shape index (κ1) is 20.2. The first-order valence-corrected chi connectivity index (χ1v) is 9.50. The van der Waals surface area contributed by atoms with Crippen molar-refractivity contribution in [3.8, 4) is 22.6 Å². The average molecular weight is 362 g/mol. The van der Waals surface area contributed by atoms with Crippen molar-refractivity contribution >= 4 is 0 Å². The second-order valence-electron chi connectivity index (χ2n) is 6.40. The van der Waals surface area contributed by atoms with Crippen molar-refractivity contribution in [2.75, 3.05) is 13.2 Å². The first-order chi connectivity index (χ1) is 12.7. The van der Waals surface area contributed by atoms with Gasteiger partial charge in [0.05, 0.1) is 13.2 Å². The number of unbranched alkanes of at least 4 members (excludes halogenated alkanes) is 4. The molecule has 0 heterocycles. The Bertz CT molecular complexity index is 626. The maximum atomic E-state index is 14.2. The fourth-order valence-electron chi connectivity index (χ4n) is 2.66. The van der Waals surface area contributed by atoms with Crippen molar-refractivity contribution in [3.63, 3.8) is 0 Å². The predicted molar refractivity (Wildman–Crippen MR) is 102 cm³/mol. The fraction of sp³-hybridized carbons (Fsp3) is 0.455. The van der Waals surface area contributed by atoms with Crippen molar-refractivity contribution in [1.82, 2.24) is 0 Å². The van der Waals surface area contributed by atoms with E-state index >= 15 is 0 Å². The van der Waals surface area contributed by atoms with E-state index in [-0.39, 0.29) is 11.5 Å². The second kappa shape index (κ2) is 10.8. The summed E-state index contributed by atoms with van der Waals surface area (Å²) >= 11 is 0. The van der Waals surface area contributed by atoms with Gasteiger partial charge in [-0.25, -0.2) is 8.78 Å². The molecule has 0 unspecified atom stereocenters. The molecule has 0 amide bonds. The molecule has 0 saturated heterocycles. The van der Waals surface area contributed by atoms with Gasteiger partial charge in [-0.15, -0.1) is 0 Å². The zero-order valence-corrected chi connectivity index (χ0v) is 15.7. The molecule has 2 nitrogen and oxygen atoms in total. The largest absolute Gasteiger partial charge is 0.491 e. The Morgan fingerprint density at radius 3 is 1.42 bits per heavy atom. The van der Waals surface area contributed by atoms with Crippen LogP contribution >= 0.6 is 0 Å². The summed E-state index contributed by atoms with van der Waals surface area (Å²) in [5.74, 6) is -0.388. The van der Waals surface area contributed by atoms with Gasteiger partial charge in [0.1, 0.15) is 0 Å². The van der Waals surface area contributed by atoms with Gasteiger partial charge in [-0.2, -0.15) is 0 Å². The van der Waals surface area contributed by atoms with E-state index < -0.39 is 11.6 Å². The Morgan fingerprint density at radius 1 is 0.654 bits per heavy atom. The van der Waals surface area contributed by atoms with Gasteiger partial charge in [-0.05, 0) is 48.2 Å². The minimum Gasteiger partial charge on any atom is -0.491 e. The van der Waals surface area contributed by atoms with Gasteiger partial charge in [0.25, 0.3) is 0 Å². The highest BCUT2D eigenvalue weighted by Crippen LogP contribution is 2.29. The third-order valence-corrected chi connectivity index (χ3v) is 4.21. The van der Waals surface area contributed by atoms with Gasteiger partial charge in [0.15, 0.2) is 23.1 Å². The molecule has 26 heavy (non-hydrogen) atoms. The number of rotatable bonds is 11. The molecule has 142 valence electrons. The van der Waals surface area contributed by atoms with E-state index in [9.17, 15) is 8.78 Å². The van der Waals surface area contributed by atoms with Gasteiger partial charge >= 0.3 is 0 Å². The first-order valence-electron chi connectivity index (χ1n) is 9.50. The summed E-state index contributed by atoms with van der Waals surface area (Å²) in [7, 11) is 0. The molecule has 0 aliphatic carbocycles. The molecular formula is C22H28F2O2. The summed E-state index contributed by atoms with van der Waals surface area (Å²) in [6.07, 6.45) is 6.12. The monoisotopic (exact) mass is 362 g/mol. The molecule has 0 N–H and O–H groups in total. The van der Waals surface area contributed by atoms with Crippen LogP contribution in [0.25, 0.3) is 11.1 Å². The van der Waals surface area contributed by atoms with Crippen molar-refractivity contribution in [1.29, 1.82) is 0 Å². The van der Waals surface area contributed by atoms with Crippen LogP contribution in [0.4, 0.5) is 8.78 Å². The lowest BCUT2D eigenvalue weighted by Crippen LogP contribution is -2.00. The minimum absolute atomic E-state index is 0.237. The third-order valence-electron chi connectivity index (χ3n) is 4.21. The van der Waals surface area contributed by atoms with Crippen LogP contribution in [0.1, 0.15) is 52.4 Å². The highest BCUT2D eigenvalue weighted by Gasteiger charge is 2.10. The van der Waals surface area contributed by atoms with Crippen LogP contribution in [0, 0.1) is 11.6 Å². The predicted octanol–water partition coefficient (Wildman–Crippen LogP) is 6.77. The minimum atomic E-state index is -0.431. The second-order valence-corrected chi connectivity index (χ2v) is 6.40. The molecule has 0 aliphatic rings. The van der Waals surface area contributed by atoms with E-state index in [2.05, 4.69) is 13.8 Å². The number of ether oxygens (including phenoxy) is 2. The quantitative estimate of drug-likeness (QED) is 0.411. The molecule has 2 aromatic carbocycles. The van der Waals surface area contributed by atoms with Crippen molar-refractivity contribution in [2.45, 2.75) is 52.4 Å². The summed E-state index contributed by atoms with van der Waals surface area (Å²) in [5.41, 5.74) is 1.22. The van der Waals surface area contributed by atoms with Crippen LogP contribution in [0.3, 0.4) is 0 Å². The Hall–Kier alpha value is -2.10. The third kappa shape index (κ3) is 6.01. The molecule has 4 heteroatoms. The van der Waals surface area contributed by atoms with Crippen LogP contribution in [0.5, 0.6) is 11.5 Å². The van der Waals surface area contributed by atoms with Crippen LogP contribution in [0.2, 0.25) is 0 Å². The van der Waals surface area contributed by atoms with Crippen LogP contribution in [0.15, 0.2) is 36.4 Å². The van der Waals surface area contributed by atoms with Gasteiger partial charge in [-0.3, -0.25) is 0 Å². The van der Waals surface area contributed by atoms with Crippen molar-refractivity contribution in [2.24, 2.45) is 0 Å². The van der Waals surface area contributed by atoms with E-state index in [0.29, 0.717) is 24.3 Å². The summed E-state index contributed by atoms with van der Waals surface area (Å²) in [4.78, 5) is 0. The Kier molecular flexibility index (Phi) is 8.39. The molecule has 0 aromatic heterocycles. The fourth-order valence-corrected chi connectivity index (χ4v) is 2.66. The van der Waals surface area contributed by atoms with Crippen LogP contribution in [-0.4, -0.2) is 13.2 Å². The van der Waals surface area contributed by atoms with Gasteiger partial charge in [-0.1, -0.05) is 51.7 Å². The molecule has 0 atom stereocenters. The lowest BCUT2D eigenvalue weighted by molar-refractivity contribution is 0.291. The summed E-state index contributed by atoms with van der Waals surface area (Å²) < 4.78 is 39.4. The maximum Gasteiger partial charge on any atom is 0.165 e. The zero-order chi connectivity index (χ0) is 18.8. The summed E-state index contributed by atoms with van der Waals surface area (Å²) in [6, 6.07) is 9.45. The Labute approximate surface area is 155 Å². The van der Waals surface area contributed by atoms with E-state index in [1.54, 1.807) is 24.3 Å². The smallest absolute Gasteiger partial charge is 0.165 e. The van der Waals surface area contributed by atoms with E-state index in [4.69, 9.17) is 9.47 Å². The molecular weight excluding hydrogens is 334 g/mol. The molecule has 0 fully saturated rings. The SMILES string of the molecule is CCCCCOc1ccc(-c2ccc(OCCCCC)c(F)c2)cc1F. The van der Waals surface area contributed by atoms with Crippen molar-refractivity contribution < 1.29 is 18.3 Å². The van der Waals surface area contributed by atoms with E-state index in [1.165, 1.54) is 12.1 Å². The molecule has 2 rings (SSSR count). The molecule has 0 aliphatic heterocycles. The highest BCUT2D eigenvalue weighted by atomic mass is 19.1.